The third kappa shape index (κ3) is 2.11. The van der Waals surface area contributed by atoms with Gasteiger partial charge in [-0.3, -0.25) is 0 Å². The lowest BCUT2D eigenvalue weighted by molar-refractivity contribution is 1.07. The highest BCUT2D eigenvalue weighted by Crippen LogP contribution is 2.30. The van der Waals surface area contributed by atoms with Crippen LogP contribution in [0.1, 0.15) is 34.1 Å². The van der Waals surface area contributed by atoms with Crippen molar-refractivity contribution in [1.29, 1.82) is 0 Å². The average Bonchev–Trinajstić information content (AvgIpc) is 2.26. The van der Waals surface area contributed by atoms with Crippen LogP contribution < -0.4 is 0 Å². The van der Waals surface area contributed by atoms with Crippen molar-refractivity contribution in [3.8, 4) is 0 Å². The molecule has 0 aromatic rings. The molecule has 0 aromatic heterocycles. The van der Waals surface area contributed by atoms with Gasteiger partial charge in [-0.15, -0.1) is 0 Å². The minimum absolute atomic E-state index is 1.09. The highest BCUT2D eigenvalue weighted by atomic mass is 14.2. The van der Waals surface area contributed by atoms with Gasteiger partial charge in [0.2, 0.25) is 0 Å². The Labute approximate surface area is 98.8 Å². The first kappa shape index (κ1) is 11.2. The molecular weight excluding hydrogens is 192 g/mol. The molecule has 0 atom stereocenters. The Bertz CT molecular complexity index is 462. The van der Waals surface area contributed by atoms with E-state index in [0.717, 1.165) is 6.42 Å². The van der Waals surface area contributed by atoms with Crippen LogP contribution in [0.15, 0.2) is 57.7 Å². The van der Waals surface area contributed by atoms with Crippen LogP contribution in [0.2, 0.25) is 0 Å². The lowest BCUT2D eigenvalue weighted by Crippen LogP contribution is -1.99. The van der Waals surface area contributed by atoms with Gasteiger partial charge >= 0.3 is 0 Å². The summed E-state index contributed by atoms with van der Waals surface area (Å²) in [5.74, 6) is 0. The monoisotopic (exact) mass is 211 g/mol. The summed E-state index contributed by atoms with van der Waals surface area (Å²) in [7, 11) is 0. The quantitative estimate of drug-likeness (QED) is 0.545. The molecule has 2 rings (SSSR count). The van der Waals surface area contributed by atoms with Crippen LogP contribution in [0.3, 0.4) is 0 Å². The van der Waals surface area contributed by atoms with Gasteiger partial charge < -0.3 is 0 Å². The van der Waals surface area contributed by atoms with Crippen LogP contribution in [0, 0.1) is 6.42 Å². The third-order valence-corrected chi connectivity index (χ3v) is 3.54. The van der Waals surface area contributed by atoms with E-state index >= 15 is 0 Å². The molecule has 0 N–H and O–H groups in total. The molecule has 1 radical (unpaired) electrons. The van der Waals surface area contributed by atoms with Crippen molar-refractivity contribution in [3.63, 3.8) is 0 Å². The van der Waals surface area contributed by atoms with E-state index in [4.69, 9.17) is 0 Å². The van der Waals surface area contributed by atoms with E-state index in [1.165, 1.54) is 33.4 Å². The molecular formula is C16H19. The number of allylic oxidation sites excluding steroid dienone is 10. The fourth-order valence-electron chi connectivity index (χ4n) is 1.99. The SMILES string of the molecule is CC1=C[CH]/C(=C2\C=CC(C)=C(C)C2)C=C1C. The summed E-state index contributed by atoms with van der Waals surface area (Å²) in [5, 5.41) is 0. The fraction of sp³-hybridized carbons (Fsp3) is 0.312. The molecule has 0 bridgehead atoms. The minimum Gasteiger partial charge on any atom is -0.0729 e. The molecule has 0 unspecified atom stereocenters. The molecule has 0 fully saturated rings. The highest BCUT2D eigenvalue weighted by molar-refractivity contribution is 5.54. The highest BCUT2D eigenvalue weighted by Gasteiger charge is 2.11. The van der Waals surface area contributed by atoms with Crippen LogP contribution in [0.4, 0.5) is 0 Å². The average molecular weight is 211 g/mol. The molecule has 0 aromatic carbocycles. The first-order chi connectivity index (χ1) is 7.58. The summed E-state index contributed by atoms with van der Waals surface area (Å²) in [6.45, 7) is 8.75. The normalized spacial score (nSPS) is 25.8. The summed E-state index contributed by atoms with van der Waals surface area (Å²) in [4.78, 5) is 0. The second-order valence-electron chi connectivity index (χ2n) is 4.80. The Hall–Kier alpha value is -1.30. The molecule has 0 aliphatic heterocycles. The van der Waals surface area contributed by atoms with Gasteiger partial charge in [0, 0.05) is 6.42 Å². The second kappa shape index (κ2) is 4.29. The van der Waals surface area contributed by atoms with Gasteiger partial charge in [0.1, 0.15) is 0 Å². The zero-order chi connectivity index (χ0) is 11.7. The van der Waals surface area contributed by atoms with Crippen molar-refractivity contribution < 1.29 is 0 Å². The van der Waals surface area contributed by atoms with E-state index in [1.54, 1.807) is 0 Å². The first-order valence-electron chi connectivity index (χ1n) is 5.86. The maximum Gasteiger partial charge on any atom is 0.0130 e. The predicted octanol–water partition coefficient (Wildman–Crippen LogP) is 4.69. The molecule has 0 saturated heterocycles. The Morgan fingerprint density at radius 3 is 2.31 bits per heavy atom. The van der Waals surface area contributed by atoms with Crippen LogP contribution in [0.25, 0.3) is 0 Å². The molecule has 0 spiro atoms. The van der Waals surface area contributed by atoms with Gasteiger partial charge in [-0.2, -0.15) is 0 Å². The van der Waals surface area contributed by atoms with Crippen molar-refractivity contribution in [1.82, 2.24) is 0 Å². The fourth-order valence-corrected chi connectivity index (χ4v) is 1.99. The van der Waals surface area contributed by atoms with Crippen LogP contribution in [0.5, 0.6) is 0 Å². The molecule has 16 heavy (non-hydrogen) atoms. The smallest absolute Gasteiger partial charge is 0.0130 e. The number of rotatable bonds is 0. The van der Waals surface area contributed by atoms with Crippen molar-refractivity contribution in [2.24, 2.45) is 0 Å². The Kier molecular flexibility index (Phi) is 3.00. The summed E-state index contributed by atoms with van der Waals surface area (Å²) >= 11 is 0. The molecule has 0 heterocycles. The zero-order valence-electron chi connectivity index (χ0n) is 10.6. The lowest BCUT2D eigenvalue weighted by atomic mass is 9.87. The second-order valence-corrected chi connectivity index (χ2v) is 4.80. The summed E-state index contributed by atoms with van der Waals surface area (Å²) in [5.41, 5.74) is 8.44. The molecule has 2 aliphatic rings. The maximum atomic E-state index is 2.29. The third-order valence-electron chi connectivity index (χ3n) is 3.54. The minimum atomic E-state index is 1.09. The maximum absolute atomic E-state index is 2.29. The van der Waals surface area contributed by atoms with E-state index in [9.17, 15) is 0 Å². The molecule has 0 nitrogen and oxygen atoms in total. The van der Waals surface area contributed by atoms with Gasteiger partial charge in [-0.05, 0) is 50.8 Å². The van der Waals surface area contributed by atoms with Crippen molar-refractivity contribution in [2.45, 2.75) is 34.1 Å². The summed E-state index contributed by atoms with van der Waals surface area (Å²) < 4.78 is 0. The molecule has 0 saturated carbocycles. The summed E-state index contributed by atoms with van der Waals surface area (Å²) in [6.07, 6.45) is 12.3. The van der Waals surface area contributed by atoms with Gasteiger partial charge in [0.25, 0.3) is 0 Å². The first-order valence-corrected chi connectivity index (χ1v) is 5.86. The predicted molar refractivity (Wildman–Crippen MR) is 71.0 cm³/mol. The Balaban J connectivity index is 2.31. The Morgan fingerprint density at radius 1 is 0.938 bits per heavy atom. The van der Waals surface area contributed by atoms with Crippen molar-refractivity contribution >= 4 is 0 Å². The lowest BCUT2D eigenvalue weighted by Gasteiger charge is -2.18. The molecule has 2 aliphatic carbocycles. The largest absolute Gasteiger partial charge is 0.0729 e. The van der Waals surface area contributed by atoms with Crippen LogP contribution in [-0.2, 0) is 0 Å². The topological polar surface area (TPSA) is 0 Å². The van der Waals surface area contributed by atoms with Crippen LogP contribution in [-0.4, -0.2) is 0 Å². The molecule has 0 amide bonds. The van der Waals surface area contributed by atoms with Crippen molar-refractivity contribution in [3.05, 3.63) is 64.2 Å². The summed E-state index contributed by atoms with van der Waals surface area (Å²) in [6, 6.07) is 0. The standard InChI is InChI=1S/C16H19/c1-11-5-7-15(9-13(11)3)16-8-6-12(2)14(4)10-16/h5-9H,10H2,1-4H3/b16-15-. The van der Waals surface area contributed by atoms with E-state index in [0.29, 0.717) is 0 Å². The van der Waals surface area contributed by atoms with E-state index in [2.05, 4.69) is 58.4 Å². The van der Waals surface area contributed by atoms with Gasteiger partial charge in [-0.1, -0.05) is 41.0 Å². The molecule has 83 valence electrons. The van der Waals surface area contributed by atoms with Gasteiger partial charge in [-0.25, -0.2) is 0 Å². The van der Waals surface area contributed by atoms with E-state index in [-0.39, 0.29) is 0 Å². The molecule has 0 heteroatoms. The van der Waals surface area contributed by atoms with Crippen molar-refractivity contribution in [2.75, 3.05) is 0 Å². The number of hydrogen-bond acceptors (Lipinski definition) is 0. The Morgan fingerprint density at radius 2 is 1.69 bits per heavy atom. The van der Waals surface area contributed by atoms with Crippen LogP contribution >= 0.6 is 0 Å². The van der Waals surface area contributed by atoms with E-state index < -0.39 is 0 Å². The van der Waals surface area contributed by atoms with E-state index in [1.807, 2.05) is 0 Å². The zero-order valence-corrected chi connectivity index (χ0v) is 10.6. The number of hydrogen-bond donors (Lipinski definition) is 0. The van der Waals surface area contributed by atoms with Gasteiger partial charge in [0.05, 0.1) is 0 Å². The van der Waals surface area contributed by atoms with Gasteiger partial charge in [0.15, 0.2) is 0 Å².